The smallest absolute Gasteiger partial charge is 0.317 e. The van der Waals surface area contributed by atoms with Gasteiger partial charge in [-0.3, -0.25) is 0 Å². The molecule has 22 heavy (non-hydrogen) atoms. The Morgan fingerprint density at radius 1 is 1.45 bits per heavy atom. The zero-order valence-corrected chi connectivity index (χ0v) is 13.6. The molecule has 2 rings (SSSR count). The fourth-order valence-corrected chi connectivity index (χ4v) is 3.22. The molecule has 5 nitrogen and oxygen atoms in total. The number of hydrogen-bond donors (Lipinski definition) is 1. The molecule has 1 aliphatic rings. The second-order valence-corrected chi connectivity index (χ2v) is 8.19. The number of nitrogens with one attached hydrogen (secondary N) is 1. The summed E-state index contributed by atoms with van der Waals surface area (Å²) in [5.74, 6) is -0.101. The van der Waals surface area contributed by atoms with E-state index in [4.69, 9.17) is 0 Å². The Balaban J connectivity index is 2.06. The van der Waals surface area contributed by atoms with Crippen LogP contribution < -0.4 is 5.32 Å². The average Bonchev–Trinajstić information content (AvgIpc) is 2.79. The highest BCUT2D eigenvalue weighted by Crippen LogP contribution is 2.35. The van der Waals surface area contributed by atoms with Crippen molar-refractivity contribution in [2.24, 2.45) is 5.92 Å². The van der Waals surface area contributed by atoms with Crippen molar-refractivity contribution in [2.75, 3.05) is 25.1 Å². The number of sulfone groups is 1. The van der Waals surface area contributed by atoms with Gasteiger partial charge in [-0.05, 0) is 30.0 Å². The molecular formula is C15H21FN2O3S. The van der Waals surface area contributed by atoms with E-state index in [9.17, 15) is 17.6 Å². The SMILES string of the molecule is C[C@H]1C[C@@H](c2cccc(F)c2)N(C(=O)NCCS(C)(=O)=O)C1. The third-order valence-corrected chi connectivity index (χ3v) is 4.70. The van der Waals surface area contributed by atoms with Crippen LogP contribution in [-0.4, -0.2) is 44.4 Å². The van der Waals surface area contributed by atoms with Gasteiger partial charge in [0.2, 0.25) is 0 Å². The van der Waals surface area contributed by atoms with Crippen molar-refractivity contribution in [3.8, 4) is 0 Å². The molecule has 0 aliphatic carbocycles. The summed E-state index contributed by atoms with van der Waals surface area (Å²) in [6, 6.07) is 5.78. The van der Waals surface area contributed by atoms with Crippen LogP contribution in [0.25, 0.3) is 0 Å². The molecule has 0 bridgehead atoms. The molecule has 0 aromatic heterocycles. The molecular weight excluding hydrogens is 307 g/mol. The first-order chi connectivity index (χ1) is 10.3. The van der Waals surface area contributed by atoms with E-state index in [1.54, 1.807) is 11.0 Å². The van der Waals surface area contributed by atoms with Crippen molar-refractivity contribution in [2.45, 2.75) is 19.4 Å². The average molecular weight is 328 g/mol. The third kappa shape index (κ3) is 4.43. The fraction of sp³-hybridized carbons (Fsp3) is 0.533. The Kier molecular flexibility index (Phi) is 5.05. The van der Waals surface area contributed by atoms with Gasteiger partial charge in [-0.1, -0.05) is 19.1 Å². The summed E-state index contributed by atoms with van der Waals surface area (Å²) in [4.78, 5) is 13.9. The number of hydrogen-bond acceptors (Lipinski definition) is 3. The second-order valence-electron chi connectivity index (χ2n) is 5.93. The molecule has 122 valence electrons. The van der Waals surface area contributed by atoms with Gasteiger partial charge in [-0.15, -0.1) is 0 Å². The number of likely N-dealkylation sites (tertiary alicyclic amines) is 1. The van der Waals surface area contributed by atoms with Crippen molar-refractivity contribution in [1.82, 2.24) is 10.2 Å². The van der Waals surface area contributed by atoms with Gasteiger partial charge in [-0.25, -0.2) is 17.6 Å². The van der Waals surface area contributed by atoms with Crippen LogP contribution in [-0.2, 0) is 9.84 Å². The summed E-state index contributed by atoms with van der Waals surface area (Å²) in [7, 11) is -3.11. The number of rotatable bonds is 4. The van der Waals surface area contributed by atoms with Crippen molar-refractivity contribution in [3.05, 3.63) is 35.6 Å². The Bertz CT molecular complexity index is 648. The molecule has 7 heteroatoms. The molecule has 0 radical (unpaired) electrons. The minimum atomic E-state index is -3.11. The summed E-state index contributed by atoms with van der Waals surface area (Å²) >= 11 is 0. The number of carbonyl (C=O) groups is 1. The summed E-state index contributed by atoms with van der Waals surface area (Å²) in [5.41, 5.74) is 0.766. The van der Waals surface area contributed by atoms with E-state index in [1.165, 1.54) is 12.1 Å². The zero-order valence-electron chi connectivity index (χ0n) is 12.8. The first kappa shape index (κ1) is 16.7. The van der Waals surface area contributed by atoms with E-state index >= 15 is 0 Å². The van der Waals surface area contributed by atoms with Gasteiger partial charge < -0.3 is 10.2 Å². The summed E-state index contributed by atoms with van der Waals surface area (Å²) < 4.78 is 35.6. The predicted octanol–water partition coefficient (Wildman–Crippen LogP) is 1.96. The first-order valence-electron chi connectivity index (χ1n) is 7.24. The molecule has 1 fully saturated rings. The molecule has 2 amide bonds. The van der Waals surface area contributed by atoms with Crippen molar-refractivity contribution >= 4 is 15.9 Å². The van der Waals surface area contributed by atoms with Gasteiger partial charge in [0.1, 0.15) is 15.7 Å². The number of halogens is 1. The fourth-order valence-electron chi connectivity index (χ4n) is 2.75. The number of carbonyl (C=O) groups excluding carboxylic acids is 1. The summed E-state index contributed by atoms with van der Waals surface area (Å²) in [6.07, 6.45) is 1.90. The van der Waals surface area contributed by atoms with E-state index in [-0.39, 0.29) is 30.2 Å². The van der Waals surface area contributed by atoms with Crippen LogP contribution in [0.15, 0.2) is 24.3 Å². The number of benzene rings is 1. The molecule has 1 aliphatic heterocycles. The first-order valence-corrected chi connectivity index (χ1v) is 9.30. The van der Waals surface area contributed by atoms with Crippen LogP contribution in [0.5, 0.6) is 0 Å². The molecule has 2 atom stereocenters. The zero-order chi connectivity index (χ0) is 16.3. The van der Waals surface area contributed by atoms with Gasteiger partial charge in [0.25, 0.3) is 0 Å². The van der Waals surface area contributed by atoms with Gasteiger partial charge in [-0.2, -0.15) is 0 Å². The third-order valence-electron chi connectivity index (χ3n) is 3.75. The minimum absolute atomic E-state index is 0.0818. The van der Waals surface area contributed by atoms with E-state index < -0.39 is 9.84 Å². The lowest BCUT2D eigenvalue weighted by molar-refractivity contribution is 0.192. The Labute approximate surface area is 130 Å². The standard InChI is InChI=1S/C15H21FN2O3S/c1-11-8-14(12-4-3-5-13(16)9-12)18(10-11)15(19)17-6-7-22(2,20)21/h3-5,9,11,14H,6-8,10H2,1-2H3,(H,17,19)/t11-,14-/m0/s1. The van der Waals surface area contributed by atoms with Crippen molar-refractivity contribution in [3.63, 3.8) is 0 Å². The van der Waals surface area contributed by atoms with Crippen LogP contribution in [0, 0.1) is 11.7 Å². The quantitative estimate of drug-likeness (QED) is 0.919. The van der Waals surface area contributed by atoms with E-state index in [2.05, 4.69) is 5.32 Å². The molecule has 0 unspecified atom stereocenters. The van der Waals surface area contributed by atoms with Gasteiger partial charge in [0.05, 0.1) is 11.8 Å². The van der Waals surface area contributed by atoms with Crippen LogP contribution in [0.1, 0.15) is 24.9 Å². The van der Waals surface area contributed by atoms with Crippen LogP contribution in [0.3, 0.4) is 0 Å². The topological polar surface area (TPSA) is 66.5 Å². The van der Waals surface area contributed by atoms with Crippen molar-refractivity contribution < 1.29 is 17.6 Å². The van der Waals surface area contributed by atoms with E-state index in [1.807, 2.05) is 13.0 Å². The molecule has 1 heterocycles. The Morgan fingerprint density at radius 3 is 2.82 bits per heavy atom. The lowest BCUT2D eigenvalue weighted by Gasteiger charge is -2.25. The Hall–Kier alpha value is -1.63. The lowest BCUT2D eigenvalue weighted by atomic mass is 10.0. The van der Waals surface area contributed by atoms with Crippen LogP contribution >= 0.6 is 0 Å². The highest BCUT2D eigenvalue weighted by molar-refractivity contribution is 7.90. The van der Waals surface area contributed by atoms with Gasteiger partial charge in [0.15, 0.2) is 0 Å². The lowest BCUT2D eigenvalue weighted by Crippen LogP contribution is -2.41. The molecule has 1 aromatic rings. The molecule has 0 saturated carbocycles. The van der Waals surface area contributed by atoms with Gasteiger partial charge >= 0.3 is 6.03 Å². The predicted molar refractivity (Wildman–Crippen MR) is 82.7 cm³/mol. The summed E-state index contributed by atoms with van der Waals surface area (Å²) in [5, 5.41) is 2.63. The number of amides is 2. The van der Waals surface area contributed by atoms with Crippen LogP contribution in [0.2, 0.25) is 0 Å². The normalized spacial score (nSPS) is 21.9. The van der Waals surface area contributed by atoms with E-state index in [0.29, 0.717) is 12.5 Å². The maximum atomic E-state index is 13.4. The maximum Gasteiger partial charge on any atom is 0.317 e. The Morgan fingerprint density at radius 2 is 2.18 bits per heavy atom. The highest BCUT2D eigenvalue weighted by atomic mass is 32.2. The molecule has 0 spiro atoms. The largest absolute Gasteiger partial charge is 0.337 e. The number of urea groups is 1. The molecule has 1 N–H and O–H groups in total. The van der Waals surface area contributed by atoms with E-state index in [0.717, 1.165) is 18.2 Å². The monoisotopic (exact) mass is 328 g/mol. The summed E-state index contributed by atoms with van der Waals surface area (Å²) in [6.45, 7) is 2.69. The number of nitrogens with zero attached hydrogens (tertiary/aromatic N) is 1. The van der Waals surface area contributed by atoms with Crippen LogP contribution in [0.4, 0.5) is 9.18 Å². The van der Waals surface area contributed by atoms with Crippen molar-refractivity contribution in [1.29, 1.82) is 0 Å². The minimum Gasteiger partial charge on any atom is -0.337 e. The molecule has 1 saturated heterocycles. The second kappa shape index (κ2) is 6.64. The maximum absolute atomic E-state index is 13.4. The van der Waals surface area contributed by atoms with Gasteiger partial charge in [0, 0.05) is 19.3 Å². The highest BCUT2D eigenvalue weighted by Gasteiger charge is 2.34. The molecule has 1 aromatic carbocycles.